The number of aromatic nitrogens is 1. The molecule has 2 aliphatic heterocycles. The molecule has 0 radical (unpaired) electrons. The summed E-state index contributed by atoms with van der Waals surface area (Å²) in [6.07, 6.45) is 3.46. The first-order valence-corrected chi connectivity index (χ1v) is 10.6. The number of imide groups is 1. The summed E-state index contributed by atoms with van der Waals surface area (Å²) in [5.41, 5.74) is 3.28. The monoisotopic (exact) mass is 445 g/mol. The fourth-order valence-electron chi connectivity index (χ4n) is 4.52. The van der Waals surface area contributed by atoms with Gasteiger partial charge in [0, 0.05) is 17.0 Å². The smallest absolute Gasteiger partial charge is 0.259 e. The van der Waals surface area contributed by atoms with Crippen LogP contribution in [-0.2, 0) is 0 Å². The zero-order valence-corrected chi connectivity index (χ0v) is 18.0. The number of rotatable bonds is 3. The summed E-state index contributed by atoms with van der Waals surface area (Å²) in [4.78, 5) is 27.3. The van der Waals surface area contributed by atoms with E-state index in [1.165, 1.54) is 30.1 Å². The van der Waals surface area contributed by atoms with Crippen LogP contribution in [-0.4, -0.2) is 34.2 Å². The van der Waals surface area contributed by atoms with Crippen LogP contribution in [0, 0.1) is 5.82 Å². The van der Waals surface area contributed by atoms with Crippen LogP contribution in [0.25, 0.3) is 21.3 Å². The number of benzene rings is 2. The Kier molecular flexibility index (Phi) is 5.61. The van der Waals surface area contributed by atoms with Gasteiger partial charge < -0.3 is 0 Å². The zero-order chi connectivity index (χ0) is 20.1. The summed E-state index contributed by atoms with van der Waals surface area (Å²) in [6.45, 7) is 4.01. The Balaban J connectivity index is 0.00000218. The van der Waals surface area contributed by atoms with Gasteiger partial charge in [-0.3, -0.25) is 19.8 Å². The lowest BCUT2D eigenvalue weighted by Gasteiger charge is -2.34. The lowest BCUT2D eigenvalue weighted by Crippen LogP contribution is -2.33. The normalized spacial score (nSPS) is 17.5. The summed E-state index contributed by atoms with van der Waals surface area (Å²) < 4.78 is 19.0. The molecule has 2 aromatic carbocycles. The van der Waals surface area contributed by atoms with Crippen LogP contribution in [0.1, 0.15) is 58.5 Å². The minimum absolute atomic E-state index is 0. The van der Waals surface area contributed by atoms with Gasteiger partial charge in [0.05, 0.1) is 21.5 Å². The molecule has 0 aliphatic carbocycles. The van der Waals surface area contributed by atoms with Crippen LogP contribution in [0.3, 0.4) is 0 Å². The van der Waals surface area contributed by atoms with E-state index in [2.05, 4.69) is 21.5 Å². The standard InChI is InChI=1S/C22H20FN3O2S.ClH/c1-12(26-9-3-2-4-10-26)18-15(7-8-16-19(18)22(28)24-21(16)27)20-14-6-5-13(23)11-17(14)29-25-20;/h5-8,11-12H,2-4,9-10H2,1H3,(H,24,27,28);1H. The van der Waals surface area contributed by atoms with Crippen molar-refractivity contribution in [2.75, 3.05) is 13.1 Å². The average Bonchev–Trinajstić information content (AvgIpc) is 3.27. The summed E-state index contributed by atoms with van der Waals surface area (Å²) in [6, 6.07) is 8.19. The van der Waals surface area contributed by atoms with E-state index in [4.69, 9.17) is 0 Å². The van der Waals surface area contributed by atoms with Crippen LogP contribution in [0.5, 0.6) is 0 Å². The molecule has 0 spiro atoms. The first-order valence-electron chi connectivity index (χ1n) is 9.86. The first kappa shape index (κ1) is 20.9. The maximum Gasteiger partial charge on any atom is 0.259 e. The molecule has 30 heavy (non-hydrogen) atoms. The molecule has 8 heteroatoms. The first-order chi connectivity index (χ1) is 14.0. The largest absolute Gasteiger partial charge is 0.297 e. The topological polar surface area (TPSA) is 62.3 Å². The minimum atomic E-state index is -0.353. The molecule has 2 aliphatic rings. The number of hydrogen-bond donors (Lipinski definition) is 1. The number of amides is 2. The van der Waals surface area contributed by atoms with E-state index in [-0.39, 0.29) is 36.1 Å². The number of nitrogens with zero attached hydrogens (tertiary/aromatic N) is 2. The maximum atomic E-state index is 13.7. The van der Waals surface area contributed by atoms with Crippen LogP contribution in [0.4, 0.5) is 4.39 Å². The molecule has 0 saturated carbocycles. The Morgan fingerprint density at radius 2 is 1.80 bits per heavy atom. The summed E-state index contributed by atoms with van der Waals surface area (Å²) in [5, 5.41) is 3.29. The summed E-state index contributed by atoms with van der Waals surface area (Å²) in [5.74, 6) is -1.00. The van der Waals surface area contributed by atoms with Gasteiger partial charge >= 0.3 is 0 Å². The molecule has 1 N–H and O–H groups in total. The molecule has 156 valence electrons. The highest BCUT2D eigenvalue weighted by Crippen LogP contribution is 2.41. The third kappa shape index (κ3) is 3.31. The predicted octanol–water partition coefficient (Wildman–Crippen LogP) is 4.95. The molecule has 5 nitrogen and oxygen atoms in total. The molecule has 3 aromatic rings. The minimum Gasteiger partial charge on any atom is -0.297 e. The van der Waals surface area contributed by atoms with Crippen molar-refractivity contribution in [3.8, 4) is 11.3 Å². The highest BCUT2D eigenvalue weighted by atomic mass is 35.5. The van der Waals surface area contributed by atoms with Crippen LogP contribution < -0.4 is 5.32 Å². The number of halogens is 2. The van der Waals surface area contributed by atoms with Crippen molar-refractivity contribution in [3.05, 3.63) is 52.8 Å². The van der Waals surface area contributed by atoms with Gasteiger partial charge in [0.15, 0.2) is 0 Å². The predicted molar refractivity (Wildman–Crippen MR) is 118 cm³/mol. The number of nitrogens with one attached hydrogen (secondary N) is 1. The summed E-state index contributed by atoms with van der Waals surface area (Å²) >= 11 is 1.24. The van der Waals surface area contributed by atoms with Crippen LogP contribution >= 0.6 is 23.9 Å². The van der Waals surface area contributed by atoms with E-state index in [9.17, 15) is 14.0 Å². The second kappa shape index (κ2) is 8.06. The van der Waals surface area contributed by atoms with Gasteiger partial charge in [-0.25, -0.2) is 4.39 Å². The highest BCUT2D eigenvalue weighted by molar-refractivity contribution is 7.13. The lowest BCUT2D eigenvalue weighted by atomic mass is 9.88. The summed E-state index contributed by atoms with van der Waals surface area (Å²) in [7, 11) is 0. The maximum absolute atomic E-state index is 13.7. The van der Waals surface area contributed by atoms with Gasteiger partial charge in [0.25, 0.3) is 11.8 Å². The van der Waals surface area contributed by atoms with Gasteiger partial charge in [-0.2, -0.15) is 4.37 Å². The number of likely N-dealkylation sites (tertiary alicyclic amines) is 1. The Morgan fingerprint density at radius 1 is 1.07 bits per heavy atom. The van der Waals surface area contributed by atoms with Crippen LogP contribution in [0.15, 0.2) is 30.3 Å². The van der Waals surface area contributed by atoms with Crippen molar-refractivity contribution in [2.45, 2.75) is 32.2 Å². The Hall–Kier alpha value is -2.35. The van der Waals surface area contributed by atoms with E-state index in [1.54, 1.807) is 12.1 Å². The SMILES string of the molecule is CC(c1c(-c2nsc3cc(F)ccc23)ccc2c1C(=O)NC2=O)N1CCCCC1.Cl. The van der Waals surface area contributed by atoms with Gasteiger partial charge in [0.2, 0.25) is 0 Å². The quantitative estimate of drug-likeness (QED) is 0.579. The Labute approximate surface area is 183 Å². The molecule has 1 unspecified atom stereocenters. The zero-order valence-electron chi connectivity index (χ0n) is 16.4. The van der Waals surface area contributed by atoms with Crippen LogP contribution in [0.2, 0.25) is 0 Å². The van der Waals surface area contributed by atoms with Gasteiger partial charge in [-0.15, -0.1) is 12.4 Å². The Morgan fingerprint density at radius 3 is 2.57 bits per heavy atom. The molecule has 1 aromatic heterocycles. The van der Waals surface area contributed by atoms with E-state index in [0.29, 0.717) is 11.1 Å². The third-order valence-electron chi connectivity index (χ3n) is 5.99. The Bertz CT molecular complexity index is 1160. The fraction of sp³-hybridized carbons (Fsp3) is 0.318. The van der Waals surface area contributed by atoms with Gasteiger partial charge in [0.1, 0.15) is 5.82 Å². The molecule has 3 heterocycles. The van der Waals surface area contributed by atoms with Crippen molar-refractivity contribution in [1.29, 1.82) is 0 Å². The number of piperidine rings is 1. The fourth-order valence-corrected chi connectivity index (χ4v) is 5.34. The molecular weight excluding hydrogens is 425 g/mol. The number of hydrogen-bond acceptors (Lipinski definition) is 5. The second-order valence-corrected chi connectivity index (χ2v) is 8.48. The van der Waals surface area contributed by atoms with E-state index < -0.39 is 0 Å². The molecule has 5 rings (SSSR count). The van der Waals surface area contributed by atoms with Crippen molar-refractivity contribution < 1.29 is 14.0 Å². The number of carbonyl (C=O) groups excluding carboxylic acids is 2. The second-order valence-electron chi connectivity index (χ2n) is 7.68. The number of fused-ring (bicyclic) bond motifs is 2. The molecule has 1 saturated heterocycles. The van der Waals surface area contributed by atoms with Gasteiger partial charge in [-0.1, -0.05) is 12.5 Å². The van der Waals surface area contributed by atoms with Crippen molar-refractivity contribution in [3.63, 3.8) is 0 Å². The van der Waals surface area contributed by atoms with E-state index in [0.717, 1.165) is 52.8 Å². The van der Waals surface area contributed by atoms with Gasteiger partial charge in [-0.05, 0) is 74.2 Å². The van der Waals surface area contributed by atoms with Crippen molar-refractivity contribution in [2.24, 2.45) is 0 Å². The molecule has 2 amide bonds. The molecule has 1 atom stereocenters. The average molecular weight is 446 g/mol. The van der Waals surface area contributed by atoms with Crippen molar-refractivity contribution >= 4 is 45.8 Å². The third-order valence-corrected chi connectivity index (χ3v) is 6.80. The van der Waals surface area contributed by atoms with Crippen molar-refractivity contribution in [1.82, 2.24) is 14.6 Å². The highest BCUT2D eigenvalue weighted by Gasteiger charge is 2.35. The molecular formula is C22H21ClFN3O2S. The molecule has 0 bridgehead atoms. The number of carbonyl (C=O) groups is 2. The van der Waals surface area contributed by atoms with E-state index >= 15 is 0 Å². The van der Waals surface area contributed by atoms with E-state index in [1.807, 2.05) is 6.07 Å². The molecule has 1 fully saturated rings. The lowest BCUT2D eigenvalue weighted by molar-refractivity contribution is 0.0878.